The molecule has 0 bridgehead atoms. The number of ether oxygens (including phenoxy) is 2. The van der Waals surface area contributed by atoms with Gasteiger partial charge in [0.25, 0.3) is 0 Å². The number of carbonyl (C=O) groups excluding carboxylic acids is 1. The first-order chi connectivity index (χ1) is 7.17. The quantitative estimate of drug-likeness (QED) is 0.711. The molecule has 0 aliphatic carbocycles. The molecule has 0 saturated heterocycles. The summed E-state index contributed by atoms with van der Waals surface area (Å²) in [5.41, 5.74) is 2.06. The second-order valence-electron chi connectivity index (χ2n) is 3.37. The lowest BCUT2D eigenvalue weighted by atomic mass is 10.1. The number of esters is 1. The summed E-state index contributed by atoms with van der Waals surface area (Å²) in [4.78, 5) is 11.0. The maximum atomic E-state index is 11.0. The Labute approximate surface area is 90.0 Å². The molecule has 0 radical (unpaired) electrons. The first-order valence-corrected chi connectivity index (χ1v) is 4.85. The number of methoxy groups -OCH3 is 2. The maximum Gasteiger partial charge on any atom is 0.309 e. The molecule has 1 rings (SSSR count). The van der Waals surface area contributed by atoms with Crippen molar-refractivity contribution in [2.75, 3.05) is 14.2 Å². The van der Waals surface area contributed by atoms with Gasteiger partial charge in [-0.25, -0.2) is 0 Å². The number of rotatable bonds is 4. The van der Waals surface area contributed by atoms with Crippen molar-refractivity contribution >= 4 is 5.97 Å². The summed E-state index contributed by atoms with van der Waals surface area (Å²) >= 11 is 0. The SMILES string of the molecule is COC(=O)Cc1ccc(C(C)OC)cc1. The summed E-state index contributed by atoms with van der Waals surface area (Å²) in [6.45, 7) is 1.98. The first-order valence-electron chi connectivity index (χ1n) is 4.85. The molecule has 3 heteroatoms. The zero-order valence-electron chi connectivity index (χ0n) is 9.32. The minimum atomic E-state index is -0.220. The van der Waals surface area contributed by atoms with Gasteiger partial charge >= 0.3 is 5.97 Å². The lowest BCUT2D eigenvalue weighted by molar-refractivity contribution is -0.139. The highest BCUT2D eigenvalue weighted by Crippen LogP contribution is 2.16. The third kappa shape index (κ3) is 3.36. The van der Waals surface area contributed by atoms with Gasteiger partial charge in [0.2, 0.25) is 0 Å². The normalized spacial score (nSPS) is 12.2. The lowest BCUT2D eigenvalue weighted by Gasteiger charge is -2.09. The van der Waals surface area contributed by atoms with Gasteiger partial charge in [-0.2, -0.15) is 0 Å². The number of hydrogen-bond donors (Lipinski definition) is 0. The third-order valence-electron chi connectivity index (χ3n) is 2.38. The number of carbonyl (C=O) groups is 1. The molecular weight excluding hydrogens is 192 g/mol. The van der Waals surface area contributed by atoms with Crippen molar-refractivity contribution < 1.29 is 14.3 Å². The van der Waals surface area contributed by atoms with Crippen molar-refractivity contribution in [1.82, 2.24) is 0 Å². The van der Waals surface area contributed by atoms with Gasteiger partial charge in [-0.1, -0.05) is 24.3 Å². The molecule has 82 valence electrons. The molecule has 0 saturated carbocycles. The van der Waals surface area contributed by atoms with Gasteiger partial charge in [-0.05, 0) is 18.1 Å². The molecule has 0 N–H and O–H groups in total. The summed E-state index contributed by atoms with van der Waals surface area (Å²) in [7, 11) is 3.07. The highest BCUT2D eigenvalue weighted by molar-refractivity contribution is 5.72. The van der Waals surface area contributed by atoms with Crippen LogP contribution >= 0.6 is 0 Å². The van der Waals surface area contributed by atoms with E-state index in [-0.39, 0.29) is 12.1 Å². The summed E-state index contributed by atoms with van der Waals surface area (Å²) in [6, 6.07) is 7.77. The molecule has 1 aromatic rings. The third-order valence-corrected chi connectivity index (χ3v) is 2.38. The molecule has 3 nitrogen and oxygen atoms in total. The Hall–Kier alpha value is -1.35. The first kappa shape index (κ1) is 11.7. The van der Waals surface area contributed by atoms with Crippen LogP contribution in [-0.2, 0) is 20.7 Å². The molecule has 0 heterocycles. The average Bonchev–Trinajstić information content (AvgIpc) is 2.29. The van der Waals surface area contributed by atoms with Crippen LogP contribution in [0.3, 0.4) is 0 Å². The molecule has 0 aromatic heterocycles. The van der Waals surface area contributed by atoms with Crippen LogP contribution in [0.25, 0.3) is 0 Å². The predicted molar refractivity (Wildman–Crippen MR) is 57.6 cm³/mol. The van der Waals surface area contributed by atoms with Crippen molar-refractivity contribution in [2.45, 2.75) is 19.4 Å². The topological polar surface area (TPSA) is 35.5 Å². The zero-order chi connectivity index (χ0) is 11.3. The van der Waals surface area contributed by atoms with Crippen LogP contribution in [0.1, 0.15) is 24.2 Å². The maximum absolute atomic E-state index is 11.0. The second-order valence-corrected chi connectivity index (χ2v) is 3.37. The van der Waals surface area contributed by atoms with E-state index in [9.17, 15) is 4.79 Å². The largest absolute Gasteiger partial charge is 0.469 e. The standard InChI is InChI=1S/C12H16O3/c1-9(14-2)11-6-4-10(5-7-11)8-12(13)15-3/h4-7,9H,8H2,1-3H3. The van der Waals surface area contributed by atoms with Gasteiger partial charge < -0.3 is 9.47 Å². The lowest BCUT2D eigenvalue weighted by Crippen LogP contribution is -2.04. The molecule has 0 fully saturated rings. The van der Waals surface area contributed by atoms with E-state index in [1.165, 1.54) is 7.11 Å². The van der Waals surface area contributed by atoms with Crippen LogP contribution in [0.2, 0.25) is 0 Å². The zero-order valence-corrected chi connectivity index (χ0v) is 9.32. The van der Waals surface area contributed by atoms with Crippen LogP contribution in [0, 0.1) is 0 Å². The van der Waals surface area contributed by atoms with Crippen LogP contribution < -0.4 is 0 Å². The van der Waals surface area contributed by atoms with Crippen LogP contribution in [-0.4, -0.2) is 20.2 Å². The fraction of sp³-hybridized carbons (Fsp3) is 0.417. The molecular formula is C12H16O3. The van der Waals surface area contributed by atoms with Crippen molar-refractivity contribution in [3.05, 3.63) is 35.4 Å². The van der Waals surface area contributed by atoms with E-state index in [0.29, 0.717) is 6.42 Å². The Morgan fingerprint density at radius 1 is 1.27 bits per heavy atom. The molecule has 0 aliphatic heterocycles. The number of hydrogen-bond acceptors (Lipinski definition) is 3. The van der Waals surface area contributed by atoms with Gasteiger partial charge in [0.1, 0.15) is 0 Å². The summed E-state index contributed by atoms with van der Waals surface area (Å²) < 4.78 is 9.78. The van der Waals surface area contributed by atoms with E-state index in [0.717, 1.165) is 11.1 Å². The monoisotopic (exact) mass is 208 g/mol. The van der Waals surface area contributed by atoms with Crippen molar-refractivity contribution in [2.24, 2.45) is 0 Å². The Kier molecular flexibility index (Phi) is 4.31. The Morgan fingerprint density at radius 3 is 2.33 bits per heavy atom. The summed E-state index contributed by atoms with van der Waals surface area (Å²) in [6.07, 6.45) is 0.398. The fourth-order valence-electron chi connectivity index (χ4n) is 1.28. The number of benzene rings is 1. The van der Waals surface area contributed by atoms with Crippen LogP contribution in [0.4, 0.5) is 0 Å². The van der Waals surface area contributed by atoms with Crippen molar-refractivity contribution in [3.8, 4) is 0 Å². The van der Waals surface area contributed by atoms with Crippen LogP contribution in [0.5, 0.6) is 0 Å². The van der Waals surface area contributed by atoms with Crippen molar-refractivity contribution in [1.29, 1.82) is 0 Å². The van der Waals surface area contributed by atoms with Crippen molar-refractivity contribution in [3.63, 3.8) is 0 Å². The Morgan fingerprint density at radius 2 is 1.87 bits per heavy atom. The average molecular weight is 208 g/mol. The highest BCUT2D eigenvalue weighted by Gasteiger charge is 2.05. The van der Waals surface area contributed by atoms with Gasteiger partial charge in [0.15, 0.2) is 0 Å². The van der Waals surface area contributed by atoms with E-state index in [1.807, 2.05) is 31.2 Å². The van der Waals surface area contributed by atoms with E-state index < -0.39 is 0 Å². The smallest absolute Gasteiger partial charge is 0.309 e. The molecule has 0 amide bonds. The highest BCUT2D eigenvalue weighted by atomic mass is 16.5. The minimum Gasteiger partial charge on any atom is -0.469 e. The fourth-order valence-corrected chi connectivity index (χ4v) is 1.28. The minimum absolute atomic E-state index is 0.0807. The molecule has 0 spiro atoms. The second kappa shape index (κ2) is 5.51. The van der Waals surface area contributed by atoms with E-state index in [2.05, 4.69) is 4.74 Å². The Balaban J connectivity index is 2.68. The van der Waals surface area contributed by atoms with E-state index in [4.69, 9.17) is 4.74 Å². The van der Waals surface area contributed by atoms with Gasteiger partial charge in [-0.3, -0.25) is 4.79 Å². The van der Waals surface area contributed by atoms with Gasteiger partial charge in [0, 0.05) is 7.11 Å². The van der Waals surface area contributed by atoms with Gasteiger partial charge in [-0.15, -0.1) is 0 Å². The summed E-state index contributed by atoms with van der Waals surface area (Å²) in [5.74, 6) is -0.220. The Bertz CT molecular complexity index is 316. The molecule has 15 heavy (non-hydrogen) atoms. The molecule has 1 unspecified atom stereocenters. The van der Waals surface area contributed by atoms with Crippen LogP contribution in [0.15, 0.2) is 24.3 Å². The summed E-state index contributed by atoms with van der Waals surface area (Å²) in [5, 5.41) is 0. The molecule has 0 aliphatic rings. The van der Waals surface area contributed by atoms with Gasteiger partial charge in [0.05, 0.1) is 19.6 Å². The predicted octanol–water partition coefficient (Wildman–Crippen LogP) is 2.11. The molecule has 1 atom stereocenters. The molecule has 1 aromatic carbocycles. The van der Waals surface area contributed by atoms with E-state index in [1.54, 1.807) is 7.11 Å². The van der Waals surface area contributed by atoms with E-state index >= 15 is 0 Å².